The van der Waals surface area contributed by atoms with Crippen molar-refractivity contribution < 1.29 is 9.13 Å². The summed E-state index contributed by atoms with van der Waals surface area (Å²) >= 11 is 0. The van der Waals surface area contributed by atoms with Crippen LogP contribution < -0.4 is 5.73 Å². The number of benzene rings is 1. The first kappa shape index (κ1) is 13.1. The Hall–Kier alpha value is -1.39. The number of para-hydroxylation sites is 1. The maximum atomic E-state index is 13.3. The number of halogens is 1. The first-order valence-electron chi connectivity index (χ1n) is 6.12. The Bertz CT molecular complexity index is 445. The van der Waals surface area contributed by atoms with Crippen LogP contribution in [0, 0.1) is 5.82 Å². The molecule has 1 aromatic carbocycles. The van der Waals surface area contributed by atoms with E-state index in [9.17, 15) is 4.39 Å². The molecule has 1 aliphatic rings. The number of ether oxygens (including phenoxy) is 1. The van der Waals surface area contributed by atoms with Crippen molar-refractivity contribution in [2.45, 2.75) is 13.0 Å². The summed E-state index contributed by atoms with van der Waals surface area (Å²) in [5.74, 6) is -0.333. The van der Waals surface area contributed by atoms with E-state index in [-0.39, 0.29) is 11.5 Å². The van der Waals surface area contributed by atoms with Gasteiger partial charge in [0.2, 0.25) is 0 Å². The minimum Gasteiger partial charge on any atom is -0.396 e. The molecular weight excluding hydrogens is 231 g/mol. The van der Waals surface area contributed by atoms with Gasteiger partial charge in [0.05, 0.1) is 12.3 Å². The Balaban J connectivity index is 1.97. The first-order chi connectivity index (χ1) is 8.70. The summed E-state index contributed by atoms with van der Waals surface area (Å²) in [5.41, 5.74) is 8.20. The van der Waals surface area contributed by atoms with Gasteiger partial charge in [-0.15, -0.1) is 0 Å². The van der Waals surface area contributed by atoms with E-state index in [2.05, 4.69) is 11.0 Å². The molecule has 2 N–H and O–H groups in total. The van der Waals surface area contributed by atoms with E-state index in [0.29, 0.717) is 13.2 Å². The fourth-order valence-corrected chi connectivity index (χ4v) is 2.17. The summed E-state index contributed by atoms with van der Waals surface area (Å²) in [6, 6.07) is 4.98. The molecular formula is C14H19FN2O. The highest BCUT2D eigenvalue weighted by Crippen LogP contribution is 2.20. The molecule has 98 valence electrons. The van der Waals surface area contributed by atoms with Crippen molar-refractivity contribution in [2.24, 2.45) is 0 Å². The molecule has 0 bridgehead atoms. The third kappa shape index (κ3) is 3.09. The van der Waals surface area contributed by atoms with Crippen molar-refractivity contribution in [2.75, 3.05) is 32.5 Å². The van der Waals surface area contributed by atoms with Crippen LogP contribution in [0.15, 0.2) is 29.8 Å². The molecule has 3 nitrogen and oxygen atoms in total. The molecule has 0 saturated heterocycles. The highest BCUT2D eigenvalue weighted by atomic mass is 19.1. The highest BCUT2D eigenvalue weighted by Gasteiger charge is 2.13. The van der Waals surface area contributed by atoms with Crippen LogP contribution >= 0.6 is 0 Å². The van der Waals surface area contributed by atoms with Gasteiger partial charge in [0.15, 0.2) is 0 Å². The third-order valence-electron chi connectivity index (χ3n) is 3.25. The molecule has 0 radical (unpaired) electrons. The lowest BCUT2D eigenvalue weighted by atomic mass is 10.1. The van der Waals surface area contributed by atoms with E-state index < -0.39 is 0 Å². The number of anilines is 1. The quantitative estimate of drug-likeness (QED) is 0.657. The van der Waals surface area contributed by atoms with Crippen LogP contribution in [0.2, 0.25) is 0 Å². The minimum atomic E-state index is -0.333. The summed E-state index contributed by atoms with van der Waals surface area (Å²) in [7, 11) is 1.71. The van der Waals surface area contributed by atoms with Gasteiger partial charge in [-0.2, -0.15) is 0 Å². The van der Waals surface area contributed by atoms with Crippen LogP contribution in [0.3, 0.4) is 0 Å². The predicted molar refractivity (Wildman–Crippen MR) is 70.7 cm³/mol. The molecule has 2 rings (SSSR count). The number of hydrogen-bond acceptors (Lipinski definition) is 3. The average Bonchev–Trinajstić information content (AvgIpc) is 2.38. The van der Waals surface area contributed by atoms with E-state index in [1.54, 1.807) is 13.2 Å². The normalized spacial score (nSPS) is 16.7. The van der Waals surface area contributed by atoms with Crippen LogP contribution in [-0.2, 0) is 11.3 Å². The highest BCUT2D eigenvalue weighted by molar-refractivity contribution is 5.47. The van der Waals surface area contributed by atoms with Gasteiger partial charge >= 0.3 is 0 Å². The second kappa shape index (κ2) is 5.98. The first-order valence-corrected chi connectivity index (χ1v) is 6.12. The summed E-state index contributed by atoms with van der Waals surface area (Å²) in [5, 5.41) is 0. The second-order valence-electron chi connectivity index (χ2n) is 4.59. The summed E-state index contributed by atoms with van der Waals surface area (Å²) < 4.78 is 18.4. The number of rotatable bonds is 4. The molecule has 1 aliphatic heterocycles. The lowest BCUT2D eigenvalue weighted by Gasteiger charge is -2.26. The minimum absolute atomic E-state index is 0.268. The Labute approximate surface area is 107 Å². The van der Waals surface area contributed by atoms with Crippen molar-refractivity contribution in [3.05, 3.63) is 41.2 Å². The van der Waals surface area contributed by atoms with Crippen molar-refractivity contribution in [3.8, 4) is 0 Å². The third-order valence-corrected chi connectivity index (χ3v) is 3.25. The number of nitrogens with two attached hydrogens (primary N) is 1. The Morgan fingerprint density at radius 3 is 2.94 bits per heavy atom. The summed E-state index contributed by atoms with van der Waals surface area (Å²) in [4.78, 5) is 2.25. The van der Waals surface area contributed by atoms with E-state index in [1.165, 1.54) is 11.6 Å². The predicted octanol–water partition coefficient (Wildman–Crippen LogP) is 2.19. The van der Waals surface area contributed by atoms with Crippen LogP contribution in [0.1, 0.15) is 12.0 Å². The summed E-state index contributed by atoms with van der Waals surface area (Å²) in [6.07, 6.45) is 3.19. The Kier molecular flexibility index (Phi) is 4.33. The van der Waals surface area contributed by atoms with Gasteiger partial charge in [-0.1, -0.05) is 18.2 Å². The van der Waals surface area contributed by atoms with E-state index in [1.807, 2.05) is 6.07 Å². The van der Waals surface area contributed by atoms with E-state index in [4.69, 9.17) is 10.5 Å². The van der Waals surface area contributed by atoms with Gasteiger partial charge in [-0.25, -0.2) is 4.39 Å². The maximum Gasteiger partial charge on any atom is 0.146 e. The van der Waals surface area contributed by atoms with Gasteiger partial charge in [0.25, 0.3) is 0 Å². The molecule has 0 atom stereocenters. The van der Waals surface area contributed by atoms with Crippen LogP contribution in [0.4, 0.5) is 10.1 Å². The number of nitrogens with zero attached hydrogens (tertiary/aromatic N) is 1. The van der Waals surface area contributed by atoms with Gasteiger partial charge in [-0.3, -0.25) is 4.90 Å². The fourth-order valence-electron chi connectivity index (χ4n) is 2.17. The molecule has 0 spiro atoms. The SMILES string of the molecule is COCC1=CCN(Cc2cccc(F)c2N)CC1. The molecule has 1 heterocycles. The molecule has 0 fully saturated rings. The van der Waals surface area contributed by atoms with Crippen LogP contribution in [-0.4, -0.2) is 31.7 Å². The average molecular weight is 250 g/mol. The molecule has 0 saturated carbocycles. The zero-order valence-electron chi connectivity index (χ0n) is 10.7. The van der Waals surface area contributed by atoms with Crippen LogP contribution in [0.25, 0.3) is 0 Å². The maximum absolute atomic E-state index is 13.3. The fraction of sp³-hybridized carbons (Fsp3) is 0.429. The molecule has 0 amide bonds. The number of hydrogen-bond donors (Lipinski definition) is 1. The van der Waals surface area contributed by atoms with Gasteiger partial charge in [-0.05, 0) is 23.6 Å². The number of methoxy groups -OCH3 is 1. The Morgan fingerprint density at radius 1 is 1.44 bits per heavy atom. The molecule has 0 aromatic heterocycles. The largest absolute Gasteiger partial charge is 0.396 e. The van der Waals surface area contributed by atoms with Crippen molar-refractivity contribution in [1.82, 2.24) is 4.90 Å². The number of nitrogen functional groups attached to an aromatic ring is 1. The monoisotopic (exact) mass is 250 g/mol. The van der Waals surface area contributed by atoms with Crippen molar-refractivity contribution in [3.63, 3.8) is 0 Å². The molecule has 1 aromatic rings. The van der Waals surface area contributed by atoms with Crippen LogP contribution in [0.5, 0.6) is 0 Å². The lowest BCUT2D eigenvalue weighted by molar-refractivity contribution is 0.210. The topological polar surface area (TPSA) is 38.5 Å². The lowest BCUT2D eigenvalue weighted by Crippen LogP contribution is -2.29. The molecule has 0 unspecified atom stereocenters. The van der Waals surface area contributed by atoms with Crippen molar-refractivity contribution in [1.29, 1.82) is 0 Å². The zero-order valence-corrected chi connectivity index (χ0v) is 10.7. The zero-order chi connectivity index (χ0) is 13.0. The van der Waals surface area contributed by atoms with Gasteiger partial charge in [0, 0.05) is 26.7 Å². The van der Waals surface area contributed by atoms with E-state index >= 15 is 0 Å². The van der Waals surface area contributed by atoms with Gasteiger partial charge < -0.3 is 10.5 Å². The van der Waals surface area contributed by atoms with Gasteiger partial charge in [0.1, 0.15) is 5.82 Å². The molecule has 4 heteroatoms. The Morgan fingerprint density at radius 2 is 2.28 bits per heavy atom. The second-order valence-corrected chi connectivity index (χ2v) is 4.59. The summed E-state index contributed by atoms with van der Waals surface area (Å²) in [6.45, 7) is 3.23. The molecule has 0 aliphatic carbocycles. The van der Waals surface area contributed by atoms with E-state index in [0.717, 1.165) is 25.1 Å². The smallest absolute Gasteiger partial charge is 0.146 e. The molecule has 18 heavy (non-hydrogen) atoms. The standard InChI is InChI=1S/C14H19FN2O/c1-18-10-11-5-7-17(8-6-11)9-12-3-2-4-13(15)14(12)16/h2-5H,6-10,16H2,1H3. The van der Waals surface area contributed by atoms with Crippen molar-refractivity contribution >= 4 is 5.69 Å².